The molecule has 0 aliphatic rings. The highest BCUT2D eigenvalue weighted by Crippen LogP contribution is 1.97. The topological polar surface area (TPSA) is 142 Å². The zero-order chi connectivity index (χ0) is 15.7. The molecule has 0 heterocycles. The number of carboxylic acids is 1. The number of nitrogens with two attached hydrogens (primary N) is 1. The molecule has 0 unspecified atom stereocenters. The highest BCUT2D eigenvalue weighted by atomic mass is 16.4. The Kier molecular flexibility index (Phi) is 7.71. The predicted octanol–water partition coefficient (Wildman–Crippen LogP) is -1.52. The molecule has 9 nitrogen and oxygen atoms in total. The van der Waals surface area contributed by atoms with E-state index in [1.54, 1.807) is 0 Å². The van der Waals surface area contributed by atoms with Crippen LogP contribution in [0.5, 0.6) is 0 Å². The van der Waals surface area contributed by atoms with E-state index in [0.717, 1.165) is 4.90 Å². The number of carbonyl (C=O) groups is 4. The van der Waals surface area contributed by atoms with Gasteiger partial charge in [0.15, 0.2) is 0 Å². The van der Waals surface area contributed by atoms with Crippen molar-refractivity contribution in [1.29, 1.82) is 0 Å². The van der Waals surface area contributed by atoms with Crippen LogP contribution in [0.15, 0.2) is 0 Å². The van der Waals surface area contributed by atoms with Crippen molar-refractivity contribution < 1.29 is 24.3 Å². The number of hydrogen-bond donors (Lipinski definition) is 4. The molecule has 20 heavy (non-hydrogen) atoms. The molecule has 4 amide bonds. The average molecular weight is 288 g/mol. The molecule has 0 aromatic carbocycles. The number of primary amides is 1. The van der Waals surface area contributed by atoms with Crippen molar-refractivity contribution in [2.24, 2.45) is 5.73 Å². The number of amides is 4. The van der Waals surface area contributed by atoms with E-state index in [1.807, 2.05) is 6.92 Å². The molecule has 0 fully saturated rings. The number of urea groups is 1. The summed E-state index contributed by atoms with van der Waals surface area (Å²) in [5, 5.41) is 13.4. The zero-order valence-electron chi connectivity index (χ0n) is 11.5. The van der Waals surface area contributed by atoms with Crippen LogP contribution in [-0.2, 0) is 14.4 Å². The van der Waals surface area contributed by atoms with Gasteiger partial charge in [0, 0.05) is 13.6 Å². The van der Waals surface area contributed by atoms with Crippen LogP contribution in [0, 0.1) is 0 Å². The van der Waals surface area contributed by atoms with E-state index in [1.165, 1.54) is 7.05 Å². The molecule has 9 heteroatoms. The summed E-state index contributed by atoms with van der Waals surface area (Å²) >= 11 is 0. The van der Waals surface area contributed by atoms with Crippen molar-refractivity contribution in [3.05, 3.63) is 0 Å². The normalized spacial score (nSPS) is 11.3. The molecule has 0 saturated heterocycles. The van der Waals surface area contributed by atoms with Crippen LogP contribution >= 0.6 is 0 Å². The van der Waals surface area contributed by atoms with Gasteiger partial charge in [-0.1, -0.05) is 6.92 Å². The lowest BCUT2D eigenvalue weighted by Crippen LogP contribution is -2.51. The second-order valence-electron chi connectivity index (χ2n) is 4.11. The number of rotatable bonds is 8. The summed E-state index contributed by atoms with van der Waals surface area (Å²) in [6, 6.07) is -2.15. The Morgan fingerprint density at radius 2 is 1.90 bits per heavy atom. The van der Waals surface area contributed by atoms with Gasteiger partial charge in [-0.2, -0.15) is 0 Å². The molecule has 0 saturated carbocycles. The van der Waals surface area contributed by atoms with Crippen LogP contribution in [0.1, 0.15) is 19.8 Å². The summed E-state index contributed by atoms with van der Waals surface area (Å²) < 4.78 is 0. The maximum absolute atomic E-state index is 11.9. The highest BCUT2D eigenvalue weighted by Gasteiger charge is 2.25. The maximum atomic E-state index is 11.9. The molecule has 1 atom stereocenters. The fourth-order valence-corrected chi connectivity index (χ4v) is 1.42. The third-order valence-electron chi connectivity index (χ3n) is 2.40. The minimum absolute atomic E-state index is 0.195. The summed E-state index contributed by atoms with van der Waals surface area (Å²) in [4.78, 5) is 46.0. The number of aliphatic carboxylic acids is 1. The largest absolute Gasteiger partial charge is 0.480 e. The smallest absolute Gasteiger partial charge is 0.326 e. The second-order valence-corrected chi connectivity index (χ2v) is 4.11. The monoisotopic (exact) mass is 288 g/mol. The number of nitrogens with one attached hydrogen (secondary N) is 2. The fraction of sp³-hybridized carbons (Fsp3) is 0.636. The molecular formula is C11H20N4O5. The Bertz CT molecular complexity index is 385. The summed E-state index contributed by atoms with van der Waals surface area (Å²) in [7, 11) is 1.43. The maximum Gasteiger partial charge on any atom is 0.326 e. The number of hydrogen-bond acceptors (Lipinski definition) is 4. The lowest BCUT2D eigenvalue weighted by Gasteiger charge is -2.23. The SMILES string of the molecule is CCCN(CC(=O)NC)C(=O)N[C@@H](CC(N)=O)C(=O)O. The Morgan fingerprint density at radius 3 is 2.30 bits per heavy atom. The molecule has 0 aliphatic carbocycles. The first-order valence-electron chi connectivity index (χ1n) is 6.08. The van der Waals surface area contributed by atoms with Crippen LogP contribution in [0.4, 0.5) is 4.79 Å². The minimum Gasteiger partial charge on any atom is -0.480 e. The first kappa shape index (κ1) is 17.7. The van der Waals surface area contributed by atoms with Crippen molar-refractivity contribution in [2.45, 2.75) is 25.8 Å². The number of carboxylic acid groups (broad SMARTS) is 1. The zero-order valence-corrected chi connectivity index (χ0v) is 11.5. The van der Waals surface area contributed by atoms with Gasteiger partial charge in [0.2, 0.25) is 11.8 Å². The number of likely N-dealkylation sites (N-methyl/N-ethyl adjacent to an activating group) is 1. The standard InChI is InChI=1S/C11H20N4O5/c1-3-4-15(6-9(17)13-2)11(20)14-7(10(18)19)5-8(12)16/h7H,3-6H2,1-2H3,(H2,12,16)(H,13,17)(H,14,20)(H,18,19)/t7-/m0/s1. The fourth-order valence-electron chi connectivity index (χ4n) is 1.42. The van der Waals surface area contributed by atoms with Crippen LogP contribution in [0.3, 0.4) is 0 Å². The Labute approximate surface area is 116 Å². The highest BCUT2D eigenvalue weighted by molar-refractivity contribution is 5.89. The van der Waals surface area contributed by atoms with Crippen molar-refractivity contribution in [3.63, 3.8) is 0 Å². The number of nitrogens with zero attached hydrogens (tertiary/aromatic N) is 1. The summed E-state index contributed by atoms with van der Waals surface area (Å²) in [5.74, 6) is -2.59. The second kappa shape index (κ2) is 8.73. The quantitative estimate of drug-likeness (QED) is 0.429. The molecule has 0 radical (unpaired) electrons. The van der Waals surface area contributed by atoms with Crippen molar-refractivity contribution >= 4 is 23.8 Å². The predicted molar refractivity (Wildman–Crippen MR) is 69.7 cm³/mol. The first-order chi connectivity index (χ1) is 9.31. The van der Waals surface area contributed by atoms with Gasteiger partial charge in [0.1, 0.15) is 12.6 Å². The van der Waals surface area contributed by atoms with E-state index in [9.17, 15) is 19.2 Å². The van der Waals surface area contributed by atoms with Gasteiger partial charge >= 0.3 is 12.0 Å². The molecule has 5 N–H and O–H groups in total. The summed E-state index contributed by atoms with van der Waals surface area (Å²) in [5.41, 5.74) is 4.91. The molecule has 114 valence electrons. The van der Waals surface area contributed by atoms with E-state index >= 15 is 0 Å². The van der Waals surface area contributed by atoms with Gasteiger partial charge in [-0.25, -0.2) is 9.59 Å². The van der Waals surface area contributed by atoms with Crippen LogP contribution in [-0.4, -0.2) is 60.0 Å². The van der Waals surface area contributed by atoms with E-state index in [-0.39, 0.29) is 19.0 Å². The molecule has 0 aliphatic heterocycles. The Hall–Kier alpha value is -2.32. The van der Waals surface area contributed by atoms with Gasteiger partial charge in [-0.05, 0) is 6.42 Å². The van der Waals surface area contributed by atoms with Gasteiger partial charge in [0.25, 0.3) is 0 Å². The van der Waals surface area contributed by atoms with Crippen molar-refractivity contribution in [1.82, 2.24) is 15.5 Å². The van der Waals surface area contributed by atoms with Gasteiger partial charge in [0.05, 0.1) is 6.42 Å². The van der Waals surface area contributed by atoms with E-state index in [2.05, 4.69) is 10.6 Å². The van der Waals surface area contributed by atoms with Crippen molar-refractivity contribution in [2.75, 3.05) is 20.1 Å². The number of carbonyl (C=O) groups excluding carboxylic acids is 3. The van der Waals surface area contributed by atoms with Crippen LogP contribution in [0.2, 0.25) is 0 Å². The van der Waals surface area contributed by atoms with Crippen LogP contribution < -0.4 is 16.4 Å². The van der Waals surface area contributed by atoms with E-state index in [0.29, 0.717) is 6.42 Å². The third-order valence-corrected chi connectivity index (χ3v) is 2.40. The van der Waals surface area contributed by atoms with Crippen molar-refractivity contribution in [3.8, 4) is 0 Å². The van der Waals surface area contributed by atoms with Gasteiger partial charge < -0.3 is 26.4 Å². The van der Waals surface area contributed by atoms with E-state index in [4.69, 9.17) is 10.8 Å². The average Bonchev–Trinajstić information content (AvgIpc) is 2.36. The van der Waals surface area contributed by atoms with Crippen LogP contribution in [0.25, 0.3) is 0 Å². The molecule has 0 aromatic heterocycles. The van der Waals surface area contributed by atoms with E-state index < -0.39 is 30.4 Å². The summed E-state index contributed by atoms with van der Waals surface area (Å²) in [6.07, 6.45) is 0.0823. The lowest BCUT2D eigenvalue weighted by molar-refractivity contribution is -0.140. The van der Waals surface area contributed by atoms with Gasteiger partial charge in [-0.15, -0.1) is 0 Å². The molecule has 0 rings (SSSR count). The van der Waals surface area contributed by atoms with Gasteiger partial charge in [-0.3, -0.25) is 9.59 Å². The Morgan fingerprint density at radius 1 is 1.30 bits per heavy atom. The molecular weight excluding hydrogens is 268 g/mol. The minimum atomic E-state index is -1.41. The molecule has 0 bridgehead atoms. The summed E-state index contributed by atoms with van der Waals surface area (Å²) in [6.45, 7) is 1.89. The molecule has 0 aromatic rings. The third kappa shape index (κ3) is 6.57. The Balaban J connectivity index is 4.74. The first-order valence-corrected chi connectivity index (χ1v) is 6.08. The molecule has 0 spiro atoms. The lowest BCUT2D eigenvalue weighted by atomic mass is 10.2.